The van der Waals surface area contributed by atoms with Crippen molar-refractivity contribution in [3.05, 3.63) is 23.2 Å². The molecule has 0 saturated carbocycles. The summed E-state index contributed by atoms with van der Waals surface area (Å²) < 4.78 is 0. The van der Waals surface area contributed by atoms with Crippen molar-refractivity contribution in [1.29, 1.82) is 0 Å². The van der Waals surface area contributed by atoms with Crippen LogP contribution in [-0.4, -0.2) is 13.8 Å². The lowest BCUT2D eigenvalue weighted by atomic mass is 10.3. The van der Waals surface area contributed by atoms with Crippen LogP contribution in [0.1, 0.15) is 0 Å². The third-order valence-electron chi connectivity index (χ3n) is 1.40. The fourth-order valence-electron chi connectivity index (χ4n) is 0.847. The standard InChI is InChI=1S/C8H9ClN2/c1-10-7-4-3-6(9)5-8(7)11-2/h3-5,10H,2H2,1H3. The van der Waals surface area contributed by atoms with Crippen LogP contribution < -0.4 is 5.32 Å². The molecule has 1 aromatic rings. The van der Waals surface area contributed by atoms with Crippen LogP contribution >= 0.6 is 11.6 Å². The highest BCUT2D eigenvalue weighted by molar-refractivity contribution is 6.31. The highest BCUT2D eigenvalue weighted by atomic mass is 35.5. The Morgan fingerprint density at radius 3 is 2.82 bits per heavy atom. The Morgan fingerprint density at radius 1 is 1.55 bits per heavy atom. The zero-order valence-corrected chi connectivity index (χ0v) is 7.02. The van der Waals surface area contributed by atoms with Crippen molar-refractivity contribution in [3.8, 4) is 0 Å². The van der Waals surface area contributed by atoms with E-state index in [0.29, 0.717) is 5.02 Å². The van der Waals surface area contributed by atoms with E-state index in [1.54, 1.807) is 6.07 Å². The molecule has 1 aromatic carbocycles. The molecule has 0 saturated heterocycles. The van der Waals surface area contributed by atoms with Gasteiger partial charge in [0.15, 0.2) is 0 Å². The number of benzene rings is 1. The van der Waals surface area contributed by atoms with Gasteiger partial charge in [0.05, 0.1) is 11.4 Å². The van der Waals surface area contributed by atoms with E-state index in [1.165, 1.54) is 0 Å². The molecule has 0 bridgehead atoms. The van der Waals surface area contributed by atoms with Crippen LogP contribution in [0.3, 0.4) is 0 Å². The van der Waals surface area contributed by atoms with E-state index >= 15 is 0 Å². The van der Waals surface area contributed by atoms with Gasteiger partial charge in [0.1, 0.15) is 0 Å². The van der Waals surface area contributed by atoms with E-state index in [4.69, 9.17) is 11.6 Å². The Kier molecular flexibility index (Phi) is 2.49. The molecular weight excluding hydrogens is 160 g/mol. The van der Waals surface area contributed by atoms with E-state index in [9.17, 15) is 0 Å². The van der Waals surface area contributed by atoms with Crippen molar-refractivity contribution in [2.24, 2.45) is 4.99 Å². The Balaban J connectivity index is 3.16. The van der Waals surface area contributed by atoms with E-state index in [1.807, 2.05) is 19.2 Å². The summed E-state index contributed by atoms with van der Waals surface area (Å²) in [5, 5.41) is 3.65. The summed E-state index contributed by atoms with van der Waals surface area (Å²) in [6.45, 7) is 3.43. The van der Waals surface area contributed by atoms with Gasteiger partial charge in [-0.15, -0.1) is 0 Å². The number of hydrogen-bond acceptors (Lipinski definition) is 2. The fourth-order valence-corrected chi connectivity index (χ4v) is 1.01. The molecular formula is C8H9ClN2. The van der Waals surface area contributed by atoms with E-state index < -0.39 is 0 Å². The second-order valence-corrected chi connectivity index (χ2v) is 2.51. The molecule has 11 heavy (non-hydrogen) atoms. The summed E-state index contributed by atoms with van der Waals surface area (Å²) >= 11 is 5.74. The van der Waals surface area contributed by atoms with Gasteiger partial charge >= 0.3 is 0 Å². The van der Waals surface area contributed by atoms with Crippen molar-refractivity contribution >= 4 is 29.7 Å². The SMILES string of the molecule is C=Nc1cc(Cl)ccc1NC. The third-order valence-corrected chi connectivity index (χ3v) is 1.63. The quantitative estimate of drug-likeness (QED) is 0.675. The van der Waals surface area contributed by atoms with Gasteiger partial charge in [-0.3, -0.25) is 4.99 Å². The molecule has 0 radical (unpaired) electrons. The average molecular weight is 169 g/mol. The fraction of sp³-hybridized carbons (Fsp3) is 0.125. The van der Waals surface area contributed by atoms with E-state index in [2.05, 4.69) is 17.0 Å². The van der Waals surface area contributed by atoms with Crippen molar-refractivity contribution in [1.82, 2.24) is 0 Å². The minimum absolute atomic E-state index is 0.673. The Hall–Kier alpha value is -1.02. The van der Waals surface area contributed by atoms with Gasteiger partial charge in [-0.1, -0.05) is 11.6 Å². The lowest BCUT2D eigenvalue weighted by Crippen LogP contribution is -1.87. The Morgan fingerprint density at radius 2 is 2.27 bits per heavy atom. The van der Waals surface area contributed by atoms with Crippen LogP contribution in [0.4, 0.5) is 11.4 Å². The molecule has 0 spiro atoms. The van der Waals surface area contributed by atoms with Crippen molar-refractivity contribution in [2.45, 2.75) is 0 Å². The molecule has 0 heterocycles. The van der Waals surface area contributed by atoms with Gasteiger partial charge in [0.25, 0.3) is 0 Å². The predicted molar refractivity (Wildman–Crippen MR) is 50.2 cm³/mol. The number of anilines is 1. The number of halogens is 1. The topological polar surface area (TPSA) is 24.4 Å². The predicted octanol–water partition coefficient (Wildman–Crippen LogP) is 2.71. The number of nitrogens with one attached hydrogen (secondary N) is 1. The van der Waals surface area contributed by atoms with E-state index in [-0.39, 0.29) is 0 Å². The summed E-state index contributed by atoms with van der Waals surface area (Å²) in [7, 11) is 1.83. The van der Waals surface area contributed by atoms with Gasteiger partial charge < -0.3 is 5.32 Å². The molecule has 0 aliphatic heterocycles. The van der Waals surface area contributed by atoms with Crippen LogP contribution in [0.5, 0.6) is 0 Å². The van der Waals surface area contributed by atoms with Crippen LogP contribution in [-0.2, 0) is 0 Å². The molecule has 2 nitrogen and oxygen atoms in total. The zero-order valence-electron chi connectivity index (χ0n) is 6.26. The molecule has 58 valence electrons. The highest BCUT2D eigenvalue weighted by Crippen LogP contribution is 2.27. The maximum absolute atomic E-state index is 5.74. The molecule has 0 aliphatic carbocycles. The second-order valence-electron chi connectivity index (χ2n) is 2.07. The number of nitrogens with zero attached hydrogens (tertiary/aromatic N) is 1. The van der Waals surface area contributed by atoms with Gasteiger partial charge in [0.2, 0.25) is 0 Å². The summed E-state index contributed by atoms with van der Waals surface area (Å²) in [4.78, 5) is 3.81. The Bertz CT molecular complexity index is 271. The highest BCUT2D eigenvalue weighted by Gasteiger charge is 1.97. The second kappa shape index (κ2) is 3.39. The smallest absolute Gasteiger partial charge is 0.0868 e. The number of aliphatic imine (C=N–C) groups is 1. The minimum Gasteiger partial charge on any atom is -0.386 e. The van der Waals surface area contributed by atoms with Gasteiger partial charge in [-0.05, 0) is 24.9 Å². The van der Waals surface area contributed by atoms with Crippen molar-refractivity contribution in [2.75, 3.05) is 12.4 Å². The first-order valence-corrected chi connectivity index (χ1v) is 3.59. The van der Waals surface area contributed by atoms with Gasteiger partial charge in [-0.25, -0.2) is 0 Å². The summed E-state index contributed by atoms with van der Waals surface area (Å²) in [5.74, 6) is 0. The summed E-state index contributed by atoms with van der Waals surface area (Å²) in [6.07, 6.45) is 0. The normalized spacial score (nSPS) is 9.27. The largest absolute Gasteiger partial charge is 0.386 e. The zero-order chi connectivity index (χ0) is 8.27. The maximum atomic E-state index is 5.74. The lowest BCUT2D eigenvalue weighted by molar-refractivity contribution is 1.46. The molecule has 1 rings (SSSR count). The first-order chi connectivity index (χ1) is 5.27. The first-order valence-electron chi connectivity index (χ1n) is 3.22. The van der Waals surface area contributed by atoms with Crippen LogP contribution in [0.25, 0.3) is 0 Å². The maximum Gasteiger partial charge on any atom is 0.0868 e. The van der Waals surface area contributed by atoms with E-state index in [0.717, 1.165) is 11.4 Å². The van der Waals surface area contributed by atoms with Gasteiger partial charge in [-0.2, -0.15) is 0 Å². The molecule has 0 amide bonds. The molecule has 0 atom stereocenters. The molecule has 0 aliphatic rings. The van der Waals surface area contributed by atoms with Gasteiger partial charge in [0, 0.05) is 12.1 Å². The average Bonchev–Trinajstić information content (AvgIpc) is 2.04. The Labute approximate surface area is 70.9 Å². The minimum atomic E-state index is 0.673. The van der Waals surface area contributed by atoms with Crippen molar-refractivity contribution in [3.63, 3.8) is 0 Å². The number of hydrogen-bond donors (Lipinski definition) is 1. The first kappa shape index (κ1) is 8.08. The third kappa shape index (κ3) is 1.71. The van der Waals surface area contributed by atoms with Crippen LogP contribution in [0.15, 0.2) is 23.2 Å². The van der Waals surface area contributed by atoms with Crippen molar-refractivity contribution < 1.29 is 0 Å². The monoisotopic (exact) mass is 168 g/mol. The van der Waals surface area contributed by atoms with Crippen LogP contribution in [0.2, 0.25) is 5.02 Å². The summed E-state index contributed by atoms with van der Waals surface area (Å²) in [6, 6.07) is 5.44. The summed E-state index contributed by atoms with van der Waals surface area (Å²) in [5.41, 5.74) is 1.71. The molecule has 0 fully saturated rings. The number of rotatable bonds is 2. The molecule has 1 N–H and O–H groups in total. The van der Waals surface area contributed by atoms with Crippen LogP contribution in [0, 0.1) is 0 Å². The molecule has 3 heteroatoms. The lowest BCUT2D eigenvalue weighted by Gasteiger charge is -2.03. The molecule has 0 aromatic heterocycles. The molecule has 0 unspecified atom stereocenters.